The number of fused-ring (bicyclic) bond motifs is 3. The third-order valence-electron chi connectivity index (χ3n) is 3.51. The summed E-state index contributed by atoms with van der Waals surface area (Å²) in [6.07, 6.45) is 5.75. The molecule has 92 valence electrons. The highest BCUT2D eigenvalue weighted by molar-refractivity contribution is 6.00. The summed E-state index contributed by atoms with van der Waals surface area (Å²) in [5.74, 6) is 0. The number of nitrogens with one attached hydrogen (secondary N) is 1. The Hall–Kier alpha value is -1.95. The second-order valence-electron chi connectivity index (χ2n) is 4.63. The van der Waals surface area contributed by atoms with Crippen LogP contribution in [-0.2, 0) is 4.74 Å². The summed E-state index contributed by atoms with van der Waals surface area (Å²) in [7, 11) is 0. The van der Waals surface area contributed by atoms with E-state index in [9.17, 15) is 0 Å². The first-order valence-corrected chi connectivity index (χ1v) is 6.17. The van der Waals surface area contributed by atoms with Crippen molar-refractivity contribution in [1.29, 1.82) is 0 Å². The molecule has 1 unspecified atom stereocenters. The van der Waals surface area contributed by atoms with Gasteiger partial charge >= 0.3 is 0 Å². The van der Waals surface area contributed by atoms with Crippen LogP contribution in [-0.4, -0.2) is 38.2 Å². The lowest BCUT2D eigenvalue weighted by Gasteiger charge is -2.23. The molecule has 6 heteroatoms. The Morgan fingerprint density at radius 2 is 2.39 bits per heavy atom. The second kappa shape index (κ2) is 3.78. The van der Waals surface area contributed by atoms with Gasteiger partial charge in [0, 0.05) is 18.2 Å². The summed E-state index contributed by atoms with van der Waals surface area (Å²) in [6.45, 7) is 1.60. The zero-order valence-electron chi connectivity index (χ0n) is 9.83. The van der Waals surface area contributed by atoms with Crippen molar-refractivity contribution < 1.29 is 4.74 Å². The van der Waals surface area contributed by atoms with Crippen molar-refractivity contribution in [2.45, 2.75) is 18.9 Å². The number of rotatable bonds is 1. The average Bonchev–Trinajstić information content (AvgIpc) is 3.05. The minimum atomic E-state index is 0.323. The van der Waals surface area contributed by atoms with Crippen LogP contribution in [0.1, 0.15) is 18.9 Å². The van der Waals surface area contributed by atoms with Gasteiger partial charge in [-0.1, -0.05) is 0 Å². The van der Waals surface area contributed by atoms with Gasteiger partial charge in [0.05, 0.1) is 24.4 Å². The largest absolute Gasteiger partial charge is 0.379 e. The Labute approximate surface area is 103 Å². The fourth-order valence-electron chi connectivity index (χ4n) is 2.62. The van der Waals surface area contributed by atoms with Crippen LogP contribution in [0.3, 0.4) is 0 Å². The molecule has 0 saturated carbocycles. The number of aromatic amines is 1. The summed E-state index contributed by atoms with van der Waals surface area (Å²) < 4.78 is 7.65. The van der Waals surface area contributed by atoms with Crippen LogP contribution in [0.25, 0.3) is 22.1 Å². The molecule has 0 bridgehead atoms. The van der Waals surface area contributed by atoms with Crippen LogP contribution in [0.15, 0.2) is 18.5 Å². The van der Waals surface area contributed by atoms with E-state index in [0.29, 0.717) is 6.04 Å². The van der Waals surface area contributed by atoms with Gasteiger partial charge < -0.3 is 4.74 Å². The van der Waals surface area contributed by atoms with Crippen molar-refractivity contribution in [3.05, 3.63) is 18.5 Å². The van der Waals surface area contributed by atoms with Crippen molar-refractivity contribution in [2.24, 2.45) is 0 Å². The number of hydrogen-bond donors (Lipinski definition) is 1. The van der Waals surface area contributed by atoms with Gasteiger partial charge in [0.25, 0.3) is 0 Å². The average molecular weight is 243 g/mol. The number of hydrogen-bond acceptors (Lipinski definition) is 4. The standard InChI is InChI=1S/C12H13N5O/c1-2-8(7-18-5-1)17-11-9-3-4-13-12(9)14-6-10(11)15-16-17/h3-4,6,8,16H,1-2,5,7H2. The molecule has 0 aromatic carbocycles. The highest BCUT2D eigenvalue weighted by Gasteiger charge is 2.20. The molecular formula is C12H13N5O. The molecule has 3 aromatic rings. The SMILES string of the molecule is c1cc2c(n1)ncc1n[nH]n(C3CCCOC3)c12. The summed E-state index contributed by atoms with van der Waals surface area (Å²) >= 11 is 0. The Balaban J connectivity index is 1.96. The molecule has 6 nitrogen and oxygen atoms in total. The van der Waals surface area contributed by atoms with Gasteiger partial charge in [-0.3, -0.25) is 4.68 Å². The molecule has 0 amide bonds. The first-order chi connectivity index (χ1) is 8.93. The first kappa shape index (κ1) is 10.0. The zero-order valence-corrected chi connectivity index (χ0v) is 9.83. The summed E-state index contributed by atoms with van der Waals surface area (Å²) in [5, 5.41) is 8.45. The molecule has 0 aliphatic carbocycles. The van der Waals surface area contributed by atoms with Crippen molar-refractivity contribution in [3.8, 4) is 0 Å². The molecule has 0 spiro atoms. The number of aromatic nitrogens is 5. The van der Waals surface area contributed by atoms with Crippen LogP contribution in [0.4, 0.5) is 0 Å². The zero-order chi connectivity index (χ0) is 11.9. The van der Waals surface area contributed by atoms with Crippen LogP contribution in [0, 0.1) is 0 Å². The van der Waals surface area contributed by atoms with Crippen LogP contribution < -0.4 is 0 Å². The van der Waals surface area contributed by atoms with Crippen molar-refractivity contribution in [3.63, 3.8) is 0 Å². The van der Waals surface area contributed by atoms with E-state index >= 15 is 0 Å². The lowest BCUT2D eigenvalue weighted by atomic mass is 10.1. The second-order valence-corrected chi connectivity index (χ2v) is 4.63. The van der Waals surface area contributed by atoms with Gasteiger partial charge in [-0.15, -0.1) is 0 Å². The fourth-order valence-corrected chi connectivity index (χ4v) is 2.62. The van der Waals surface area contributed by atoms with Crippen LogP contribution in [0.5, 0.6) is 0 Å². The Bertz CT molecular complexity index is 695. The molecule has 4 rings (SSSR count). The van der Waals surface area contributed by atoms with E-state index in [1.54, 1.807) is 12.4 Å². The number of nitrogens with zero attached hydrogens (tertiary/aromatic N) is 4. The summed E-state index contributed by atoms with van der Waals surface area (Å²) in [6, 6.07) is 2.31. The third kappa shape index (κ3) is 1.35. The van der Waals surface area contributed by atoms with E-state index in [0.717, 1.165) is 48.1 Å². The predicted octanol–water partition coefficient (Wildman–Crippen LogP) is 1.66. The summed E-state index contributed by atoms with van der Waals surface area (Å²) in [4.78, 5) is 8.53. The van der Waals surface area contributed by atoms with Crippen molar-refractivity contribution in [1.82, 2.24) is 25.0 Å². The predicted molar refractivity (Wildman–Crippen MR) is 66.3 cm³/mol. The summed E-state index contributed by atoms with van der Waals surface area (Å²) in [5.41, 5.74) is 2.73. The van der Waals surface area contributed by atoms with Gasteiger partial charge in [-0.05, 0) is 18.9 Å². The molecular weight excluding hydrogens is 230 g/mol. The maximum atomic E-state index is 5.55. The van der Waals surface area contributed by atoms with Gasteiger partial charge in [0.1, 0.15) is 5.52 Å². The highest BCUT2D eigenvalue weighted by Crippen LogP contribution is 2.27. The van der Waals surface area contributed by atoms with Gasteiger partial charge in [-0.25, -0.2) is 15.2 Å². The van der Waals surface area contributed by atoms with E-state index in [-0.39, 0.29) is 0 Å². The van der Waals surface area contributed by atoms with E-state index in [1.807, 2.05) is 6.07 Å². The monoisotopic (exact) mass is 243 g/mol. The first-order valence-electron chi connectivity index (χ1n) is 6.17. The lowest BCUT2D eigenvalue weighted by Crippen LogP contribution is -2.22. The Morgan fingerprint density at radius 1 is 1.39 bits per heavy atom. The van der Waals surface area contributed by atoms with Crippen LogP contribution >= 0.6 is 0 Å². The molecule has 1 fully saturated rings. The minimum Gasteiger partial charge on any atom is -0.379 e. The fraction of sp³-hybridized carbons (Fsp3) is 0.417. The van der Waals surface area contributed by atoms with Gasteiger partial charge in [0.2, 0.25) is 0 Å². The molecule has 4 heterocycles. The topological polar surface area (TPSA) is 68.6 Å². The maximum Gasteiger partial charge on any atom is 0.161 e. The quantitative estimate of drug-likeness (QED) is 0.705. The number of ether oxygens (including phenoxy) is 1. The van der Waals surface area contributed by atoms with Gasteiger partial charge in [0.15, 0.2) is 5.65 Å². The lowest BCUT2D eigenvalue weighted by molar-refractivity contribution is 0.0559. The molecule has 1 aliphatic rings. The van der Waals surface area contributed by atoms with Crippen molar-refractivity contribution in [2.75, 3.05) is 13.2 Å². The molecule has 18 heavy (non-hydrogen) atoms. The number of pyridine rings is 1. The van der Waals surface area contributed by atoms with E-state index in [2.05, 4.69) is 25.0 Å². The third-order valence-corrected chi connectivity index (χ3v) is 3.51. The molecule has 1 N–H and O–H groups in total. The smallest absolute Gasteiger partial charge is 0.161 e. The van der Waals surface area contributed by atoms with E-state index < -0.39 is 0 Å². The molecule has 3 aromatic heterocycles. The van der Waals surface area contributed by atoms with E-state index in [4.69, 9.17) is 4.74 Å². The van der Waals surface area contributed by atoms with Gasteiger partial charge in [-0.2, -0.15) is 5.10 Å². The normalized spacial score (nSPS) is 20.8. The molecule has 1 saturated heterocycles. The highest BCUT2D eigenvalue weighted by atomic mass is 16.5. The molecule has 1 aliphatic heterocycles. The Morgan fingerprint density at radius 3 is 3.28 bits per heavy atom. The van der Waals surface area contributed by atoms with Crippen molar-refractivity contribution >= 4 is 22.1 Å². The Kier molecular flexibility index (Phi) is 2.10. The minimum absolute atomic E-state index is 0.323. The van der Waals surface area contributed by atoms with Crippen LogP contribution in [0.2, 0.25) is 0 Å². The number of H-pyrrole nitrogens is 1. The molecule has 1 atom stereocenters. The van der Waals surface area contributed by atoms with E-state index in [1.165, 1.54) is 0 Å². The maximum absolute atomic E-state index is 5.55. The molecule has 0 radical (unpaired) electrons.